The van der Waals surface area contributed by atoms with Crippen LogP contribution >= 0.6 is 0 Å². The number of aromatic nitrogens is 3. The minimum absolute atomic E-state index is 0.138. The van der Waals surface area contributed by atoms with Crippen LogP contribution in [0.25, 0.3) is 0 Å². The van der Waals surface area contributed by atoms with E-state index in [9.17, 15) is 4.79 Å². The molecule has 92 valence electrons. The molecule has 0 fully saturated rings. The molecule has 1 aliphatic heterocycles. The molecule has 2 aromatic rings. The Morgan fingerprint density at radius 1 is 1.44 bits per heavy atom. The van der Waals surface area contributed by atoms with Gasteiger partial charge in [-0.05, 0) is 23.6 Å². The number of hydrogen-bond acceptors (Lipinski definition) is 4. The number of anilines is 1. The van der Waals surface area contributed by atoms with Crippen LogP contribution in [0.1, 0.15) is 21.7 Å². The van der Waals surface area contributed by atoms with E-state index < -0.39 is 0 Å². The van der Waals surface area contributed by atoms with Crippen LogP contribution < -0.4 is 5.73 Å². The van der Waals surface area contributed by atoms with E-state index in [1.54, 1.807) is 4.90 Å². The molecule has 18 heavy (non-hydrogen) atoms. The summed E-state index contributed by atoms with van der Waals surface area (Å²) in [6, 6.07) is 5.87. The highest BCUT2D eigenvalue weighted by Crippen LogP contribution is 2.24. The summed E-state index contributed by atoms with van der Waals surface area (Å²) in [5.74, 6) is 0.134. The summed E-state index contributed by atoms with van der Waals surface area (Å²) >= 11 is 0. The molecule has 3 rings (SSSR count). The van der Waals surface area contributed by atoms with Crippen molar-refractivity contribution in [3.05, 3.63) is 41.5 Å². The highest BCUT2D eigenvalue weighted by atomic mass is 16.2. The SMILES string of the molecule is Nc1cccc2c1CN(C(=O)c1ncn[nH]1)CC2. The first-order valence-corrected chi connectivity index (χ1v) is 5.76. The zero-order valence-corrected chi connectivity index (χ0v) is 9.76. The lowest BCUT2D eigenvalue weighted by molar-refractivity contribution is 0.0723. The van der Waals surface area contributed by atoms with Crippen LogP contribution in [0, 0.1) is 0 Å². The van der Waals surface area contributed by atoms with E-state index in [-0.39, 0.29) is 11.7 Å². The zero-order valence-electron chi connectivity index (χ0n) is 9.76. The number of aromatic amines is 1. The van der Waals surface area contributed by atoms with Gasteiger partial charge in [-0.2, -0.15) is 5.10 Å². The average molecular weight is 243 g/mol. The van der Waals surface area contributed by atoms with Crippen molar-refractivity contribution in [1.29, 1.82) is 0 Å². The van der Waals surface area contributed by atoms with Crippen LogP contribution in [0.15, 0.2) is 24.5 Å². The van der Waals surface area contributed by atoms with Gasteiger partial charge in [0.2, 0.25) is 5.82 Å². The maximum atomic E-state index is 12.1. The topological polar surface area (TPSA) is 87.9 Å². The Balaban J connectivity index is 1.87. The summed E-state index contributed by atoms with van der Waals surface area (Å²) in [6.45, 7) is 1.21. The van der Waals surface area contributed by atoms with Crippen LogP contribution in [-0.2, 0) is 13.0 Å². The van der Waals surface area contributed by atoms with E-state index in [1.807, 2.05) is 12.1 Å². The van der Waals surface area contributed by atoms with Crippen LogP contribution in [0.3, 0.4) is 0 Å². The lowest BCUT2D eigenvalue weighted by atomic mass is 9.98. The molecule has 0 atom stereocenters. The number of carbonyl (C=O) groups is 1. The van der Waals surface area contributed by atoms with E-state index in [0.717, 1.165) is 17.7 Å². The predicted octanol–water partition coefficient (Wildman–Crippen LogP) is 0.585. The van der Waals surface area contributed by atoms with Crippen LogP contribution in [0.4, 0.5) is 5.69 Å². The van der Waals surface area contributed by atoms with Crippen molar-refractivity contribution in [2.24, 2.45) is 0 Å². The molecular formula is C12H13N5O. The van der Waals surface area contributed by atoms with Crippen molar-refractivity contribution in [2.45, 2.75) is 13.0 Å². The smallest absolute Gasteiger partial charge is 0.291 e. The van der Waals surface area contributed by atoms with Gasteiger partial charge >= 0.3 is 0 Å². The molecule has 6 nitrogen and oxygen atoms in total. The first-order chi connectivity index (χ1) is 8.75. The van der Waals surface area contributed by atoms with Crippen LogP contribution in [0.2, 0.25) is 0 Å². The summed E-state index contributed by atoms with van der Waals surface area (Å²) in [7, 11) is 0. The Morgan fingerprint density at radius 2 is 2.33 bits per heavy atom. The summed E-state index contributed by atoms with van der Waals surface area (Å²) in [5, 5.41) is 6.28. The molecule has 1 aliphatic rings. The minimum Gasteiger partial charge on any atom is -0.398 e. The second-order valence-electron chi connectivity index (χ2n) is 4.30. The largest absolute Gasteiger partial charge is 0.398 e. The van der Waals surface area contributed by atoms with Crippen molar-refractivity contribution in [1.82, 2.24) is 20.1 Å². The molecule has 1 aromatic carbocycles. The van der Waals surface area contributed by atoms with Gasteiger partial charge in [-0.3, -0.25) is 9.89 Å². The fraction of sp³-hybridized carbons (Fsp3) is 0.250. The third-order valence-corrected chi connectivity index (χ3v) is 3.21. The predicted molar refractivity (Wildman–Crippen MR) is 65.7 cm³/mol. The van der Waals surface area contributed by atoms with Gasteiger partial charge in [-0.15, -0.1) is 0 Å². The molecule has 1 aromatic heterocycles. The van der Waals surface area contributed by atoms with Crippen LogP contribution in [-0.4, -0.2) is 32.5 Å². The minimum atomic E-state index is -0.138. The molecule has 0 bridgehead atoms. The molecule has 2 heterocycles. The number of hydrogen-bond donors (Lipinski definition) is 2. The van der Waals surface area contributed by atoms with Crippen molar-refractivity contribution in [3.8, 4) is 0 Å². The number of nitrogens with two attached hydrogens (primary N) is 1. The zero-order chi connectivity index (χ0) is 12.5. The number of H-pyrrole nitrogens is 1. The standard InChI is InChI=1S/C12H13N5O/c13-10-3-1-2-8-4-5-17(6-9(8)10)12(18)11-14-7-15-16-11/h1-3,7H,4-6,13H2,(H,14,15,16). The molecule has 0 saturated heterocycles. The summed E-state index contributed by atoms with van der Waals surface area (Å²) < 4.78 is 0. The summed E-state index contributed by atoms with van der Waals surface area (Å²) in [5.41, 5.74) is 8.94. The van der Waals surface area contributed by atoms with Gasteiger partial charge in [-0.1, -0.05) is 12.1 Å². The van der Waals surface area contributed by atoms with E-state index in [2.05, 4.69) is 21.2 Å². The second-order valence-corrected chi connectivity index (χ2v) is 4.30. The molecule has 6 heteroatoms. The summed E-state index contributed by atoms with van der Waals surface area (Å²) in [6.07, 6.45) is 2.15. The Morgan fingerprint density at radius 3 is 3.11 bits per heavy atom. The fourth-order valence-corrected chi connectivity index (χ4v) is 2.24. The van der Waals surface area contributed by atoms with Crippen molar-refractivity contribution < 1.29 is 4.79 Å². The molecule has 0 unspecified atom stereocenters. The molecule has 1 amide bonds. The van der Waals surface area contributed by atoms with Gasteiger partial charge in [-0.25, -0.2) is 4.98 Å². The van der Waals surface area contributed by atoms with E-state index >= 15 is 0 Å². The number of amides is 1. The first-order valence-electron chi connectivity index (χ1n) is 5.76. The maximum absolute atomic E-state index is 12.1. The molecule has 0 radical (unpaired) electrons. The fourth-order valence-electron chi connectivity index (χ4n) is 2.24. The van der Waals surface area contributed by atoms with Gasteiger partial charge in [0.1, 0.15) is 6.33 Å². The number of nitrogen functional groups attached to an aromatic ring is 1. The molecule has 0 spiro atoms. The highest BCUT2D eigenvalue weighted by Gasteiger charge is 2.24. The molecule has 3 N–H and O–H groups in total. The molecular weight excluding hydrogens is 230 g/mol. The van der Waals surface area contributed by atoms with E-state index in [4.69, 9.17) is 5.73 Å². The average Bonchev–Trinajstić information content (AvgIpc) is 2.92. The van der Waals surface area contributed by atoms with Gasteiger partial charge in [0.05, 0.1) is 0 Å². The van der Waals surface area contributed by atoms with Crippen molar-refractivity contribution in [2.75, 3.05) is 12.3 Å². The van der Waals surface area contributed by atoms with E-state index in [0.29, 0.717) is 13.1 Å². The third kappa shape index (κ3) is 1.71. The number of rotatable bonds is 1. The van der Waals surface area contributed by atoms with Gasteiger partial charge in [0.25, 0.3) is 5.91 Å². The Hall–Kier alpha value is -2.37. The van der Waals surface area contributed by atoms with Crippen molar-refractivity contribution in [3.63, 3.8) is 0 Å². The lowest BCUT2D eigenvalue weighted by Crippen LogP contribution is -2.36. The van der Waals surface area contributed by atoms with E-state index in [1.165, 1.54) is 11.9 Å². The number of carbonyl (C=O) groups excluding carboxylic acids is 1. The third-order valence-electron chi connectivity index (χ3n) is 3.21. The Kier molecular flexibility index (Phi) is 2.47. The number of nitrogens with one attached hydrogen (secondary N) is 1. The van der Waals surface area contributed by atoms with Gasteiger partial charge < -0.3 is 10.6 Å². The van der Waals surface area contributed by atoms with Gasteiger partial charge in [0.15, 0.2) is 0 Å². The molecule has 0 aliphatic carbocycles. The maximum Gasteiger partial charge on any atom is 0.291 e. The quantitative estimate of drug-likeness (QED) is 0.717. The number of benzene rings is 1. The van der Waals surface area contributed by atoms with Gasteiger partial charge in [0, 0.05) is 18.8 Å². The van der Waals surface area contributed by atoms with Crippen molar-refractivity contribution >= 4 is 11.6 Å². The summed E-state index contributed by atoms with van der Waals surface area (Å²) in [4.78, 5) is 17.7. The molecule has 0 saturated carbocycles. The number of fused-ring (bicyclic) bond motifs is 1. The number of nitrogens with zero attached hydrogens (tertiary/aromatic N) is 3. The monoisotopic (exact) mass is 243 g/mol. The Labute approximate surface area is 104 Å². The first kappa shape index (κ1) is 10.8. The Bertz CT molecular complexity index is 578. The highest BCUT2D eigenvalue weighted by molar-refractivity contribution is 5.90. The normalized spacial score (nSPS) is 14.3. The van der Waals surface area contributed by atoms with Crippen LogP contribution in [0.5, 0.6) is 0 Å². The second kappa shape index (κ2) is 4.14. The lowest BCUT2D eigenvalue weighted by Gasteiger charge is -2.28.